The molecular weight excluding hydrogens is 464 g/mol. The maximum Gasteiger partial charge on any atom is 0.344 e. The van der Waals surface area contributed by atoms with Crippen LogP contribution in [0.5, 0.6) is 5.75 Å². The molecule has 0 N–H and O–H groups in total. The van der Waals surface area contributed by atoms with Crippen molar-refractivity contribution < 1.29 is 23.8 Å². The summed E-state index contributed by atoms with van der Waals surface area (Å²) >= 11 is 0. The van der Waals surface area contributed by atoms with Crippen molar-refractivity contribution in [3.05, 3.63) is 143 Å². The summed E-state index contributed by atoms with van der Waals surface area (Å²) < 4.78 is 16.7. The van der Waals surface area contributed by atoms with Crippen molar-refractivity contribution in [1.82, 2.24) is 0 Å². The monoisotopic (exact) mass is 488 g/mol. The first-order chi connectivity index (χ1) is 18.1. The van der Waals surface area contributed by atoms with E-state index in [-0.39, 0.29) is 11.9 Å². The van der Waals surface area contributed by atoms with Crippen molar-refractivity contribution in [2.45, 2.75) is 6.61 Å². The van der Waals surface area contributed by atoms with Gasteiger partial charge in [0.2, 0.25) is 0 Å². The number of carbonyl (C=O) groups is 2. The van der Waals surface area contributed by atoms with Crippen LogP contribution in [0.25, 0.3) is 17.2 Å². The predicted molar refractivity (Wildman–Crippen MR) is 142 cm³/mol. The molecule has 1 aliphatic heterocycles. The molecule has 5 rings (SSSR count). The van der Waals surface area contributed by atoms with Crippen LogP contribution >= 0.6 is 0 Å². The van der Waals surface area contributed by atoms with Crippen molar-refractivity contribution >= 4 is 29.2 Å². The highest BCUT2D eigenvalue weighted by Crippen LogP contribution is 2.41. The fourth-order valence-corrected chi connectivity index (χ4v) is 4.18. The number of rotatable bonds is 7. The highest BCUT2D eigenvalue weighted by atomic mass is 16.5. The summed E-state index contributed by atoms with van der Waals surface area (Å²) in [4.78, 5) is 24.7. The Hall–Kier alpha value is -4.90. The van der Waals surface area contributed by atoms with Crippen LogP contribution in [-0.4, -0.2) is 19.0 Å². The van der Waals surface area contributed by atoms with E-state index in [0.717, 1.165) is 27.8 Å². The molecule has 5 heteroatoms. The molecule has 1 aliphatic rings. The summed E-state index contributed by atoms with van der Waals surface area (Å²) in [7, 11) is 1.35. The molecule has 5 nitrogen and oxygen atoms in total. The first-order valence-corrected chi connectivity index (χ1v) is 11.8. The molecule has 0 fully saturated rings. The third kappa shape index (κ3) is 5.21. The van der Waals surface area contributed by atoms with E-state index < -0.39 is 0 Å². The van der Waals surface area contributed by atoms with E-state index in [0.29, 0.717) is 29.3 Å². The van der Waals surface area contributed by atoms with Gasteiger partial charge >= 0.3 is 11.9 Å². The normalized spacial score (nSPS) is 14.0. The molecule has 0 aliphatic carbocycles. The molecule has 0 bridgehead atoms. The summed E-state index contributed by atoms with van der Waals surface area (Å²) in [6, 6.07) is 33.9. The zero-order chi connectivity index (χ0) is 25.6. The Morgan fingerprint density at radius 1 is 0.757 bits per heavy atom. The fraction of sp³-hybridized carbons (Fsp3) is 0.0625. The second-order valence-electron chi connectivity index (χ2n) is 8.40. The van der Waals surface area contributed by atoms with Crippen LogP contribution in [0.2, 0.25) is 0 Å². The number of esters is 2. The summed E-state index contributed by atoms with van der Waals surface area (Å²) in [5.74, 6) is 0.338. The number of para-hydroxylation sites is 1. The van der Waals surface area contributed by atoms with Crippen molar-refractivity contribution in [3.8, 4) is 5.75 Å². The van der Waals surface area contributed by atoms with Crippen molar-refractivity contribution in [3.63, 3.8) is 0 Å². The SMILES string of the molecule is COC(=O)c1ccc(COc2ccccc2C=C2OC(=O)C(c3ccccc3)=C2c2ccccc2)cc1. The molecule has 0 radical (unpaired) electrons. The quantitative estimate of drug-likeness (QED) is 0.276. The van der Waals surface area contributed by atoms with Crippen molar-refractivity contribution in [2.75, 3.05) is 7.11 Å². The Morgan fingerprint density at radius 3 is 2.00 bits per heavy atom. The average molecular weight is 489 g/mol. The minimum Gasteiger partial charge on any atom is -0.488 e. The van der Waals surface area contributed by atoms with E-state index in [4.69, 9.17) is 14.2 Å². The molecule has 4 aromatic carbocycles. The lowest BCUT2D eigenvalue weighted by molar-refractivity contribution is -0.131. The summed E-state index contributed by atoms with van der Waals surface area (Å²) in [6.45, 7) is 0.304. The number of hydrogen-bond donors (Lipinski definition) is 0. The van der Waals surface area contributed by atoms with Crippen LogP contribution < -0.4 is 4.74 Å². The minimum atomic E-state index is -0.389. The van der Waals surface area contributed by atoms with E-state index in [1.165, 1.54) is 7.11 Å². The largest absolute Gasteiger partial charge is 0.488 e. The molecule has 0 amide bonds. The third-order valence-electron chi connectivity index (χ3n) is 6.00. The van der Waals surface area contributed by atoms with Gasteiger partial charge in [-0.1, -0.05) is 91.0 Å². The molecule has 0 unspecified atom stereocenters. The van der Waals surface area contributed by atoms with Crippen LogP contribution in [0.1, 0.15) is 32.6 Å². The molecular formula is C32H24O5. The van der Waals surface area contributed by atoms with Gasteiger partial charge in [0.25, 0.3) is 0 Å². The Bertz CT molecular complexity index is 1480. The topological polar surface area (TPSA) is 61.8 Å². The molecule has 0 atom stereocenters. The van der Waals surface area contributed by atoms with Gasteiger partial charge < -0.3 is 14.2 Å². The standard InChI is InChI=1S/C32H24O5/c1-35-31(33)25-18-16-22(17-19-25)21-36-27-15-9-8-14-26(27)20-28-29(23-10-4-2-5-11-23)30(32(34)37-28)24-12-6-3-7-13-24/h2-20H,21H2,1H3. The van der Waals surface area contributed by atoms with Crippen LogP contribution in [0.4, 0.5) is 0 Å². The van der Waals surface area contributed by atoms with Gasteiger partial charge in [0, 0.05) is 11.1 Å². The van der Waals surface area contributed by atoms with Gasteiger partial charge in [-0.15, -0.1) is 0 Å². The Morgan fingerprint density at radius 2 is 1.35 bits per heavy atom. The number of ether oxygens (including phenoxy) is 3. The second kappa shape index (κ2) is 10.8. The van der Waals surface area contributed by atoms with Gasteiger partial charge in [0.15, 0.2) is 0 Å². The van der Waals surface area contributed by atoms with Crippen LogP contribution in [0.3, 0.4) is 0 Å². The Labute approximate surface area is 215 Å². The lowest BCUT2D eigenvalue weighted by Gasteiger charge is -2.11. The number of benzene rings is 4. The van der Waals surface area contributed by atoms with Crippen molar-refractivity contribution in [2.24, 2.45) is 0 Å². The highest BCUT2D eigenvalue weighted by molar-refractivity contribution is 6.31. The molecule has 182 valence electrons. The number of carbonyl (C=O) groups excluding carboxylic acids is 2. The average Bonchev–Trinajstić information content (AvgIpc) is 3.28. The Balaban J connectivity index is 1.48. The van der Waals surface area contributed by atoms with Gasteiger partial charge in [-0.2, -0.15) is 0 Å². The third-order valence-corrected chi connectivity index (χ3v) is 6.00. The number of cyclic esters (lactones) is 1. The Kier molecular flexibility index (Phi) is 6.95. The summed E-state index contributed by atoms with van der Waals surface area (Å²) in [6.07, 6.45) is 1.84. The van der Waals surface area contributed by atoms with Gasteiger partial charge in [-0.3, -0.25) is 0 Å². The van der Waals surface area contributed by atoms with Gasteiger partial charge in [0.1, 0.15) is 18.1 Å². The molecule has 4 aromatic rings. The van der Waals surface area contributed by atoms with E-state index in [1.807, 2.05) is 103 Å². The van der Waals surface area contributed by atoms with Crippen LogP contribution in [-0.2, 0) is 20.9 Å². The van der Waals surface area contributed by atoms with E-state index in [2.05, 4.69) is 0 Å². The molecule has 0 saturated carbocycles. The molecule has 0 spiro atoms. The smallest absolute Gasteiger partial charge is 0.344 e. The summed E-state index contributed by atoms with van der Waals surface area (Å²) in [5, 5.41) is 0. The highest BCUT2D eigenvalue weighted by Gasteiger charge is 2.32. The molecule has 0 saturated heterocycles. The number of allylic oxidation sites excluding steroid dienone is 1. The fourth-order valence-electron chi connectivity index (χ4n) is 4.18. The van der Waals surface area contributed by atoms with Crippen LogP contribution in [0.15, 0.2) is 115 Å². The molecule has 37 heavy (non-hydrogen) atoms. The van der Waals surface area contributed by atoms with Crippen molar-refractivity contribution in [1.29, 1.82) is 0 Å². The van der Waals surface area contributed by atoms with Crippen LogP contribution in [0, 0.1) is 0 Å². The minimum absolute atomic E-state index is 0.304. The molecule has 1 heterocycles. The van der Waals surface area contributed by atoms with Gasteiger partial charge in [-0.05, 0) is 41.0 Å². The predicted octanol–water partition coefficient (Wildman–Crippen LogP) is 6.56. The first-order valence-electron chi connectivity index (χ1n) is 11.8. The maximum absolute atomic E-state index is 13.1. The van der Waals surface area contributed by atoms with E-state index in [9.17, 15) is 9.59 Å². The van der Waals surface area contributed by atoms with E-state index in [1.54, 1.807) is 12.1 Å². The van der Waals surface area contributed by atoms with Gasteiger partial charge in [-0.25, -0.2) is 9.59 Å². The number of methoxy groups -OCH3 is 1. The maximum atomic E-state index is 13.1. The zero-order valence-electron chi connectivity index (χ0n) is 20.2. The lowest BCUT2D eigenvalue weighted by Crippen LogP contribution is -2.02. The van der Waals surface area contributed by atoms with Gasteiger partial charge in [0.05, 0.1) is 18.2 Å². The second-order valence-corrected chi connectivity index (χ2v) is 8.40. The van der Waals surface area contributed by atoms with E-state index >= 15 is 0 Å². The number of hydrogen-bond acceptors (Lipinski definition) is 5. The lowest BCUT2D eigenvalue weighted by atomic mass is 9.94. The molecule has 0 aromatic heterocycles. The first kappa shape index (κ1) is 23.8. The zero-order valence-corrected chi connectivity index (χ0v) is 20.2. The summed E-state index contributed by atoms with van der Waals surface area (Å²) in [5.41, 5.74) is 5.12.